The molecule has 0 aromatic rings. The Hall–Kier alpha value is -0.120. The molecule has 0 radical (unpaired) electrons. The molecule has 1 aliphatic heterocycles. The lowest BCUT2D eigenvalue weighted by molar-refractivity contribution is 0.0551. The molecule has 1 aliphatic carbocycles. The summed E-state index contributed by atoms with van der Waals surface area (Å²) in [5, 5.41) is 0. The van der Waals surface area contributed by atoms with Crippen molar-refractivity contribution in [3.05, 3.63) is 0 Å². The zero-order chi connectivity index (χ0) is 10.7. The van der Waals surface area contributed by atoms with Crippen LogP contribution < -0.4 is 5.73 Å². The molecule has 1 saturated heterocycles. The van der Waals surface area contributed by atoms with Crippen molar-refractivity contribution in [2.75, 3.05) is 19.7 Å². The molecular weight excluding hydrogens is 188 g/mol. The quantitative estimate of drug-likeness (QED) is 0.713. The molecule has 0 aromatic carbocycles. The van der Waals surface area contributed by atoms with Crippen LogP contribution in [0.1, 0.15) is 39.0 Å². The second kappa shape index (κ2) is 5.28. The first-order chi connectivity index (χ1) is 7.25. The van der Waals surface area contributed by atoms with Crippen LogP contribution in [0.15, 0.2) is 0 Å². The number of ether oxygens (including phenoxy) is 1. The lowest BCUT2D eigenvalue weighted by atomic mass is 9.90. The highest BCUT2D eigenvalue weighted by molar-refractivity contribution is 4.83. The van der Waals surface area contributed by atoms with Gasteiger partial charge in [0.2, 0.25) is 0 Å². The van der Waals surface area contributed by atoms with Crippen molar-refractivity contribution >= 4 is 0 Å². The molecule has 2 fully saturated rings. The normalized spacial score (nSPS) is 40.0. The molecule has 3 unspecified atom stereocenters. The third kappa shape index (κ3) is 3.16. The van der Waals surface area contributed by atoms with Crippen LogP contribution in [-0.4, -0.2) is 42.8 Å². The summed E-state index contributed by atoms with van der Waals surface area (Å²) < 4.78 is 5.68. The van der Waals surface area contributed by atoms with Crippen LogP contribution in [0.3, 0.4) is 0 Å². The van der Waals surface area contributed by atoms with Crippen molar-refractivity contribution in [3.63, 3.8) is 0 Å². The van der Waals surface area contributed by atoms with Gasteiger partial charge in [-0.05, 0) is 32.6 Å². The minimum absolute atomic E-state index is 0.394. The summed E-state index contributed by atoms with van der Waals surface area (Å²) in [6, 6.07) is 1.15. The Morgan fingerprint density at radius 2 is 2.13 bits per heavy atom. The highest BCUT2D eigenvalue weighted by atomic mass is 16.5. The minimum Gasteiger partial charge on any atom is -0.377 e. The van der Waals surface area contributed by atoms with E-state index in [1.807, 2.05) is 0 Å². The van der Waals surface area contributed by atoms with Crippen LogP contribution in [0.2, 0.25) is 0 Å². The molecule has 3 atom stereocenters. The smallest absolute Gasteiger partial charge is 0.0674 e. The first kappa shape index (κ1) is 11.4. The van der Waals surface area contributed by atoms with E-state index in [4.69, 9.17) is 10.5 Å². The van der Waals surface area contributed by atoms with Crippen LogP contribution >= 0.6 is 0 Å². The molecular formula is C12H24N2O. The van der Waals surface area contributed by atoms with Crippen molar-refractivity contribution in [3.8, 4) is 0 Å². The van der Waals surface area contributed by atoms with E-state index in [9.17, 15) is 0 Å². The monoisotopic (exact) mass is 212 g/mol. The summed E-state index contributed by atoms with van der Waals surface area (Å²) in [6.45, 7) is 5.40. The first-order valence-electron chi connectivity index (χ1n) is 6.37. The summed E-state index contributed by atoms with van der Waals surface area (Å²) in [5.74, 6) is 0. The van der Waals surface area contributed by atoms with Gasteiger partial charge < -0.3 is 10.5 Å². The molecule has 88 valence electrons. The van der Waals surface area contributed by atoms with E-state index < -0.39 is 0 Å². The van der Waals surface area contributed by atoms with Gasteiger partial charge in [0, 0.05) is 31.8 Å². The Morgan fingerprint density at radius 3 is 2.93 bits per heavy atom. The van der Waals surface area contributed by atoms with E-state index in [1.165, 1.54) is 38.6 Å². The van der Waals surface area contributed by atoms with Gasteiger partial charge in [-0.25, -0.2) is 0 Å². The Labute approximate surface area is 93.0 Å². The van der Waals surface area contributed by atoms with Crippen LogP contribution in [0.4, 0.5) is 0 Å². The fraction of sp³-hybridized carbons (Fsp3) is 1.00. The minimum atomic E-state index is 0.394. The lowest BCUT2D eigenvalue weighted by Gasteiger charge is -2.36. The predicted octanol–water partition coefficient (Wildman–Crippen LogP) is 1.37. The Morgan fingerprint density at radius 1 is 1.27 bits per heavy atom. The second-order valence-corrected chi connectivity index (χ2v) is 5.11. The third-order valence-electron chi connectivity index (χ3n) is 3.69. The van der Waals surface area contributed by atoms with Gasteiger partial charge in [-0.15, -0.1) is 0 Å². The summed E-state index contributed by atoms with van der Waals surface area (Å²) in [6.07, 6.45) is 6.61. The molecule has 1 saturated carbocycles. The summed E-state index contributed by atoms with van der Waals surface area (Å²) >= 11 is 0. The van der Waals surface area contributed by atoms with Gasteiger partial charge in [-0.1, -0.05) is 6.42 Å². The fourth-order valence-electron chi connectivity index (χ4n) is 2.89. The van der Waals surface area contributed by atoms with E-state index >= 15 is 0 Å². The Balaban J connectivity index is 1.89. The van der Waals surface area contributed by atoms with E-state index in [0.717, 1.165) is 19.2 Å². The van der Waals surface area contributed by atoms with Gasteiger partial charge in [0.15, 0.2) is 0 Å². The first-order valence-corrected chi connectivity index (χ1v) is 6.37. The number of hydrogen-bond donors (Lipinski definition) is 1. The van der Waals surface area contributed by atoms with Gasteiger partial charge in [-0.2, -0.15) is 0 Å². The maximum Gasteiger partial charge on any atom is 0.0674 e. The second-order valence-electron chi connectivity index (χ2n) is 5.11. The van der Waals surface area contributed by atoms with E-state index in [0.29, 0.717) is 12.1 Å². The highest BCUT2D eigenvalue weighted by Gasteiger charge is 2.26. The molecule has 2 N–H and O–H groups in total. The Bertz CT molecular complexity index is 198. The molecule has 3 nitrogen and oxygen atoms in total. The largest absolute Gasteiger partial charge is 0.377 e. The highest BCUT2D eigenvalue weighted by Crippen LogP contribution is 2.23. The molecule has 0 amide bonds. The van der Waals surface area contributed by atoms with Crippen molar-refractivity contribution in [2.24, 2.45) is 5.73 Å². The van der Waals surface area contributed by atoms with Crippen molar-refractivity contribution in [2.45, 2.75) is 57.2 Å². The summed E-state index contributed by atoms with van der Waals surface area (Å²) in [5.41, 5.74) is 6.05. The maximum atomic E-state index is 6.05. The number of nitrogens with two attached hydrogens (primary N) is 1. The van der Waals surface area contributed by atoms with Crippen LogP contribution in [0.5, 0.6) is 0 Å². The zero-order valence-electron chi connectivity index (χ0n) is 9.82. The average molecular weight is 212 g/mol. The SMILES string of the molecule is CC1CN(C2CCCC(N)C2)CCCO1. The topological polar surface area (TPSA) is 38.5 Å². The van der Waals surface area contributed by atoms with Gasteiger partial charge in [0.25, 0.3) is 0 Å². The molecule has 0 aromatic heterocycles. The van der Waals surface area contributed by atoms with Crippen molar-refractivity contribution < 1.29 is 4.74 Å². The molecule has 0 bridgehead atoms. The molecule has 2 aliphatic rings. The summed E-state index contributed by atoms with van der Waals surface area (Å²) in [4.78, 5) is 2.61. The molecule has 1 heterocycles. The van der Waals surface area contributed by atoms with Gasteiger partial charge in [0.1, 0.15) is 0 Å². The van der Waals surface area contributed by atoms with E-state index in [1.54, 1.807) is 0 Å². The van der Waals surface area contributed by atoms with Crippen LogP contribution in [0, 0.1) is 0 Å². The van der Waals surface area contributed by atoms with E-state index in [-0.39, 0.29) is 0 Å². The van der Waals surface area contributed by atoms with Crippen LogP contribution in [-0.2, 0) is 4.74 Å². The molecule has 0 spiro atoms. The van der Waals surface area contributed by atoms with Gasteiger partial charge in [0.05, 0.1) is 6.10 Å². The zero-order valence-corrected chi connectivity index (χ0v) is 9.82. The number of rotatable bonds is 1. The van der Waals surface area contributed by atoms with Gasteiger partial charge >= 0.3 is 0 Å². The maximum absolute atomic E-state index is 6.05. The fourth-order valence-corrected chi connectivity index (χ4v) is 2.89. The predicted molar refractivity (Wildman–Crippen MR) is 61.8 cm³/mol. The molecule has 15 heavy (non-hydrogen) atoms. The van der Waals surface area contributed by atoms with Crippen LogP contribution in [0.25, 0.3) is 0 Å². The van der Waals surface area contributed by atoms with Gasteiger partial charge in [-0.3, -0.25) is 4.90 Å². The number of nitrogens with zero attached hydrogens (tertiary/aromatic N) is 1. The lowest BCUT2D eigenvalue weighted by Crippen LogP contribution is -2.44. The average Bonchev–Trinajstić information content (AvgIpc) is 2.43. The third-order valence-corrected chi connectivity index (χ3v) is 3.69. The molecule has 3 heteroatoms. The molecule has 2 rings (SSSR count). The van der Waals surface area contributed by atoms with Crippen molar-refractivity contribution in [1.29, 1.82) is 0 Å². The van der Waals surface area contributed by atoms with Crippen molar-refractivity contribution in [1.82, 2.24) is 4.90 Å². The van der Waals surface area contributed by atoms with E-state index in [2.05, 4.69) is 11.8 Å². The Kier molecular flexibility index (Phi) is 4.00. The summed E-state index contributed by atoms with van der Waals surface area (Å²) in [7, 11) is 0. The standard InChI is InChI=1S/C12H24N2O/c1-10-9-14(6-3-7-15-10)12-5-2-4-11(13)8-12/h10-12H,2-9,13H2,1H3. The number of hydrogen-bond acceptors (Lipinski definition) is 3.